The molecule has 0 bridgehead atoms. The number of carbonyl (C=O) groups is 4. The molecule has 0 fully saturated rings. The summed E-state index contributed by atoms with van der Waals surface area (Å²) in [6, 6.07) is 0. The molecule has 0 atom stereocenters. The number of aliphatic imine (C=N–C) groups is 1. The lowest BCUT2D eigenvalue weighted by Gasteiger charge is -2.24. The minimum absolute atomic E-state index is 0.0207. The van der Waals surface area contributed by atoms with Gasteiger partial charge in [0.05, 0.1) is 69.4 Å². The number of nitrogens with zero attached hydrogens (tertiary/aromatic N) is 14. The number of rotatable bonds is 1. The molecule has 0 aromatic carbocycles. The van der Waals surface area contributed by atoms with Gasteiger partial charge in [0.15, 0.2) is 23.2 Å². The average molecular weight is 1210 g/mol. The van der Waals surface area contributed by atoms with Crippen LogP contribution in [0, 0.1) is 0 Å². The van der Waals surface area contributed by atoms with Gasteiger partial charge in [-0.05, 0) is 44.1 Å². The molecule has 88 heavy (non-hydrogen) atoms. The Kier molecular flexibility index (Phi) is 20.7. The zero-order valence-corrected chi connectivity index (χ0v) is 55.1. The smallest absolute Gasteiger partial charge is 0.229 e. The summed E-state index contributed by atoms with van der Waals surface area (Å²) in [5.41, 5.74) is 38.1. The van der Waals surface area contributed by atoms with E-state index >= 15 is 0 Å². The number of nitrogen functional groups attached to an aromatic ring is 5. The second-order valence-corrected chi connectivity index (χ2v) is 28.4. The standard InChI is InChI=1S/C12H17N3O.C11H15N3O2.C11H15N3O.C11H17N3.C10H12N4O.C9H15N3/c1-12(2,3)10-9-7(14-11(13)15-10)5-4-6-8(9)16;1-11(2,3)8-7-6(15)4-5-16-9(7)14-10(12)13-8;1-11(2,3)9-8-6(4-5-7(8)15)13-10(12)14-9;1-11(2,3)9-7-5-4-6-8(7)13-10(12)14-9;1-10(2,3)7-6-5(15)4-12-8(6)14-9(11)13-7;1-5-7-10-6-11-8(12-7)9(2,3)4/h4-6H2,1-3H3,(H2,13,14,15);4-5H2,1-3H3,(H2,12,13,14);4-5H2,1-3H3,(H2,12,13,14);4-6H2,1-3H3,(H2,12,13,14);4H,1-3H3,(H2,11,13,14);6H,5H2,1-4H3. The number of fused-ring (bicyclic) bond motifs is 5. The Hall–Kier alpha value is -8.44. The summed E-state index contributed by atoms with van der Waals surface area (Å²) in [5, 5.41) is 0. The fourth-order valence-corrected chi connectivity index (χ4v) is 10.2. The van der Waals surface area contributed by atoms with E-state index in [1.807, 2.05) is 90.0 Å². The molecule has 0 amide bonds. The SMILES string of the molecule is CC(C)(C)c1nc(N)nc2c1C(=O)C=N2.CC(C)(C)c1nc(N)nc2c1C(=O)CC2.CC(C)(C)c1nc(N)nc2c1C(=O)CCC2.CC(C)(C)c1nc(N)nc2c1C(=O)CCO2.CC(C)(C)c1nc(N)nc2c1CCC2.CCc1ncnc(C(C)(C)C)n1. The van der Waals surface area contributed by atoms with E-state index in [1.54, 1.807) is 6.33 Å². The summed E-state index contributed by atoms with van der Waals surface area (Å²) >= 11 is 0. The molecular formula is C64H91N19O5. The third-order valence-corrected chi connectivity index (χ3v) is 14.3. The van der Waals surface area contributed by atoms with Crippen LogP contribution in [0.5, 0.6) is 5.88 Å². The van der Waals surface area contributed by atoms with E-state index in [0.717, 1.165) is 72.2 Å². The van der Waals surface area contributed by atoms with Gasteiger partial charge in [-0.3, -0.25) is 19.2 Å². The van der Waals surface area contributed by atoms with Crippen molar-refractivity contribution in [3.63, 3.8) is 0 Å². The number of aromatic nitrogens is 13. The van der Waals surface area contributed by atoms with Crippen LogP contribution in [0.3, 0.4) is 0 Å². The van der Waals surface area contributed by atoms with Gasteiger partial charge in [0.1, 0.15) is 23.5 Å². The number of hydrogen-bond acceptors (Lipinski definition) is 24. The van der Waals surface area contributed by atoms with E-state index in [-0.39, 0.29) is 79.4 Å². The average Bonchev–Trinajstić information content (AvgIpc) is 2.08. The molecule has 0 radical (unpaired) electrons. The molecule has 8 heterocycles. The van der Waals surface area contributed by atoms with Crippen molar-refractivity contribution in [1.82, 2.24) is 64.8 Å². The van der Waals surface area contributed by atoms with Crippen molar-refractivity contribution < 1.29 is 23.9 Å². The molecule has 10 N–H and O–H groups in total. The Bertz CT molecular complexity index is 3540. The number of carbonyl (C=O) groups excluding carboxylic acids is 4. The summed E-state index contributed by atoms with van der Waals surface area (Å²) in [6.45, 7) is 39.3. The molecule has 11 rings (SSSR count). The number of Topliss-reactive ketones (excluding diaryl/α,β-unsaturated/α-hetero) is 4. The topological polar surface area (TPSA) is 388 Å². The second-order valence-electron chi connectivity index (χ2n) is 28.4. The number of hydrogen-bond donors (Lipinski definition) is 5. The zero-order chi connectivity index (χ0) is 65.8. The van der Waals surface area contributed by atoms with Crippen molar-refractivity contribution in [1.29, 1.82) is 0 Å². The quantitative estimate of drug-likeness (QED) is 0.102. The molecule has 6 aromatic rings. The van der Waals surface area contributed by atoms with E-state index in [1.165, 1.54) is 23.9 Å². The van der Waals surface area contributed by atoms with Crippen LogP contribution >= 0.6 is 0 Å². The van der Waals surface area contributed by atoms with E-state index < -0.39 is 0 Å². The van der Waals surface area contributed by atoms with E-state index in [9.17, 15) is 19.2 Å². The Morgan fingerprint density at radius 1 is 0.409 bits per heavy atom. The molecule has 0 spiro atoms. The van der Waals surface area contributed by atoms with Gasteiger partial charge in [-0.1, -0.05) is 132 Å². The Balaban J connectivity index is 0.000000169. The number of aryl methyl sites for hydroxylation is 4. The van der Waals surface area contributed by atoms with Gasteiger partial charge in [-0.15, -0.1) is 0 Å². The lowest BCUT2D eigenvalue weighted by molar-refractivity contribution is 0.0922. The third kappa shape index (κ3) is 17.0. The van der Waals surface area contributed by atoms with Gasteiger partial charge < -0.3 is 33.4 Å². The number of ketones is 4. The van der Waals surface area contributed by atoms with E-state index in [2.05, 4.69) is 111 Å². The number of ether oxygens (including phenoxy) is 1. The zero-order valence-electron chi connectivity index (χ0n) is 55.1. The van der Waals surface area contributed by atoms with Gasteiger partial charge in [0, 0.05) is 63.9 Å². The Labute approximate surface area is 517 Å². The molecule has 472 valence electrons. The molecule has 5 aliphatic rings. The first-order chi connectivity index (χ1) is 40.6. The first-order valence-corrected chi connectivity index (χ1v) is 29.9. The van der Waals surface area contributed by atoms with E-state index in [4.69, 9.17) is 33.4 Å². The van der Waals surface area contributed by atoms with Crippen LogP contribution in [-0.4, -0.2) is 101 Å². The summed E-state index contributed by atoms with van der Waals surface area (Å²) in [5.74, 6) is 3.93. The van der Waals surface area contributed by atoms with Gasteiger partial charge in [0.2, 0.25) is 41.4 Å². The van der Waals surface area contributed by atoms with Crippen LogP contribution in [0.15, 0.2) is 11.3 Å². The molecule has 6 aromatic heterocycles. The van der Waals surface area contributed by atoms with Crippen molar-refractivity contribution >= 4 is 64.9 Å². The highest BCUT2D eigenvalue weighted by Crippen LogP contribution is 2.37. The van der Waals surface area contributed by atoms with Gasteiger partial charge in [-0.2, -0.15) is 9.97 Å². The van der Waals surface area contributed by atoms with Crippen LogP contribution in [-0.2, 0) is 64.6 Å². The molecule has 0 unspecified atom stereocenters. The number of anilines is 5. The Morgan fingerprint density at radius 3 is 1.34 bits per heavy atom. The lowest BCUT2D eigenvalue weighted by atomic mass is 9.83. The van der Waals surface area contributed by atoms with Gasteiger partial charge >= 0.3 is 0 Å². The highest BCUT2D eigenvalue weighted by Gasteiger charge is 2.35. The van der Waals surface area contributed by atoms with Gasteiger partial charge in [-0.25, -0.2) is 59.8 Å². The normalized spacial score (nSPS) is 14.9. The minimum atomic E-state index is -0.252. The third-order valence-electron chi connectivity index (χ3n) is 14.3. The monoisotopic (exact) mass is 1210 g/mol. The molecular weight excluding hydrogens is 1110 g/mol. The molecule has 24 heteroatoms. The minimum Gasteiger partial charge on any atom is -0.477 e. The van der Waals surface area contributed by atoms with Crippen LogP contribution in [0.1, 0.15) is 268 Å². The molecule has 2 aliphatic heterocycles. The van der Waals surface area contributed by atoms with Crippen molar-refractivity contribution in [2.45, 2.75) is 228 Å². The van der Waals surface area contributed by atoms with Crippen molar-refractivity contribution in [3.05, 3.63) is 91.3 Å². The van der Waals surface area contributed by atoms with Crippen LogP contribution in [0.4, 0.5) is 35.6 Å². The maximum absolute atomic E-state index is 11.9. The summed E-state index contributed by atoms with van der Waals surface area (Å²) in [4.78, 5) is 105. The summed E-state index contributed by atoms with van der Waals surface area (Å²) in [7, 11) is 0. The second kappa shape index (κ2) is 26.5. The first-order valence-electron chi connectivity index (χ1n) is 29.9. The highest BCUT2D eigenvalue weighted by molar-refractivity contribution is 6.40. The Morgan fingerprint density at radius 2 is 0.830 bits per heavy atom. The summed E-state index contributed by atoms with van der Waals surface area (Å²) < 4.78 is 5.36. The van der Waals surface area contributed by atoms with Crippen molar-refractivity contribution in [3.8, 4) is 5.88 Å². The molecule has 0 saturated carbocycles. The fourth-order valence-electron chi connectivity index (χ4n) is 10.2. The molecule has 3 aliphatic carbocycles. The predicted octanol–water partition coefficient (Wildman–Crippen LogP) is 9.51. The largest absolute Gasteiger partial charge is 0.477 e. The number of nitrogens with two attached hydrogens (primary N) is 5. The maximum Gasteiger partial charge on any atom is 0.229 e. The van der Waals surface area contributed by atoms with Gasteiger partial charge in [0.25, 0.3) is 0 Å². The highest BCUT2D eigenvalue weighted by atomic mass is 16.5. The van der Waals surface area contributed by atoms with Crippen LogP contribution < -0.4 is 33.4 Å². The molecule has 0 saturated heterocycles. The van der Waals surface area contributed by atoms with Crippen molar-refractivity contribution in [2.24, 2.45) is 4.99 Å². The predicted molar refractivity (Wildman–Crippen MR) is 342 cm³/mol. The van der Waals surface area contributed by atoms with E-state index in [0.29, 0.717) is 83.6 Å². The fraction of sp³-hybridized carbons (Fsp3) is 0.562. The first kappa shape index (κ1) is 68.7. The lowest BCUT2D eigenvalue weighted by Crippen LogP contribution is -2.26. The molecule has 24 nitrogen and oxygen atoms in total. The maximum atomic E-state index is 11.9. The van der Waals surface area contributed by atoms with Crippen molar-refractivity contribution in [2.75, 3.05) is 35.3 Å². The van der Waals surface area contributed by atoms with Crippen LogP contribution in [0.2, 0.25) is 0 Å². The van der Waals surface area contributed by atoms with Crippen LogP contribution in [0.25, 0.3) is 0 Å². The summed E-state index contributed by atoms with van der Waals surface area (Å²) in [6.07, 6.45) is 11.0.